The van der Waals surface area contributed by atoms with Crippen molar-refractivity contribution in [3.63, 3.8) is 0 Å². The van der Waals surface area contributed by atoms with E-state index in [2.05, 4.69) is 17.1 Å². The van der Waals surface area contributed by atoms with E-state index in [-0.39, 0.29) is 11.3 Å². The summed E-state index contributed by atoms with van der Waals surface area (Å²) in [5.74, 6) is 1.02. The van der Waals surface area contributed by atoms with Crippen LogP contribution in [0, 0.1) is 11.3 Å². The van der Waals surface area contributed by atoms with Crippen LogP contribution in [0.2, 0.25) is 0 Å². The highest BCUT2D eigenvalue weighted by Gasteiger charge is 2.42. The molecule has 0 aromatic carbocycles. The molecule has 19 heavy (non-hydrogen) atoms. The van der Waals surface area contributed by atoms with Crippen LogP contribution in [-0.2, 0) is 9.59 Å². The molecule has 0 radical (unpaired) electrons. The number of fused-ring (bicyclic) bond motifs is 1. The van der Waals surface area contributed by atoms with Gasteiger partial charge in [0.05, 0.1) is 0 Å². The van der Waals surface area contributed by atoms with Gasteiger partial charge >= 0.3 is 0 Å². The van der Waals surface area contributed by atoms with Crippen molar-refractivity contribution < 1.29 is 9.59 Å². The van der Waals surface area contributed by atoms with E-state index in [1.165, 1.54) is 12.8 Å². The maximum absolute atomic E-state index is 12.7. The third-order valence-electron chi connectivity index (χ3n) is 5.33. The van der Waals surface area contributed by atoms with Crippen molar-refractivity contribution in [3.8, 4) is 0 Å². The van der Waals surface area contributed by atoms with Crippen LogP contribution < -0.4 is 5.32 Å². The first-order chi connectivity index (χ1) is 9.08. The maximum Gasteiger partial charge on any atom is 0.228 e. The molecule has 0 spiro atoms. The van der Waals surface area contributed by atoms with Crippen LogP contribution in [-0.4, -0.2) is 35.8 Å². The Bertz CT molecular complexity index is 388. The van der Waals surface area contributed by atoms with Crippen LogP contribution in [0.5, 0.6) is 0 Å². The fraction of sp³-hybridized carbons (Fsp3) is 0.867. The predicted octanol–water partition coefficient (Wildman–Crippen LogP) is 1.69. The van der Waals surface area contributed by atoms with E-state index < -0.39 is 0 Å². The Morgan fingerprint density at radius 1 is 1.32 bits per heavy atom. The van der Waals surface area contributed by atoms with Gasteiger partial charge in [-0.3, -0.25) is 9.59 Å². The van der Waals surface area contributed by atoms with E-state index >= 15 is 0 Å². The predicted molar refractivity (Wildman–Crippen MR) is 72.4 cm³/mol. The summed E-state index contributed by atoms with van der Waals surface area (Å²) in [5.41, 5.74) is -0.106. The van der Waals surface area contributed by atoms with Crippen molar-refractivity contribution in [2.24, 2.45) is 11.3 Å². The van der Waals surface area contributed by atoms with Gasteiger partial charge in [-0.15, -0.1) is 0 Å². The Morgan fingerprint density at radius 3 is 2.79 bits per heavy atom. The Balaban J connectivity index is 1.64. The minimum atomic E-state index is -0.106. The van der Waals surface area contributed by atoms with Crippen molar-refractivity contribution in [1.82, 2.24) is 10.2 Å². The molecule has 1 aliphatic carbocycles. The Kier molecular flexibility index (Phi) is 3.27. The maximum atomic E-state index is 12.7. The van der Waals surface area contributed by atoms with Crippen LogP contribution in [0.1, 0.15) is 51.9 Å². The molecule has 106 valence electrons. The van der Waals surface area contributed by atoms with Crippen molar-refractivity contribution in [1.29, 1.82) is 0 Å². The minimum absolute atomic E-state index is 0.106. The lowest BCUT2D eigenvalue weighted by atomic mass is 9.82. The lowest BCUT2D eigenvalue weighted by molar-refractivity contribution is -0.144. The number of piperidine rings is 2. The van der Waals surface area contributed by atoms with E-state index in [0.29, 0.717) is 24.3 Å². The zero-order chi connectivity index (χ0) is 13.5. The summed E-state index contributed by atoms with van der Waals surface area (Å²) in [6.07, 6.45) is 6.98. The SMILES string of the molecule is CC1(C(=O)N2CCC3NC(=O)CCC3C2)CCCC1. The average molecular weight is 264 g/mol. The molecule has 0 aromatic rings. The third kappa shape index (κ3) is 2.37. The summed E-state index contributed by atoms with van der Waals surface area (Å²) < 4.78 is 0. The van der Waals surface area contributed by atoms with Gasteiger partial charge in [0, 0.05) is 31.0 Å². The number of amides is 2. The van der Waals surface area contributed by atoms with E-state index in [0.717, 1.165) is 38.8 Å². The monoisotopic (exact) mass is 264 g/mol. The fourth-order valence-electron chi connectivity index (χ4n) is 4.05. The zero-order valence-electron chi connectivity index (χ0n) is 11.8. The summed E-state index contributed by atoms with van der Waals surface area (Å²) in [7, 11) is 0. The molecule has 4 heteroatoms. The molecule has 2 atom stereocenters. The molecule has 1 N–H and O–H groups in total. The fourth-order valence-corrected chi connectivity index (χ4v) is 4.05. The van der Waals surface area contributed by atoms with Crippen molar-refractivity contribution in [2.75, 3.05) is 13.1 Å². The summed E-state index contributed by atoms with van der Waals surface area (Å²) in [5, 5.41) is 3.08. The average Bonchev–Trinajstić information content (AvgIpc) is 2.85. The largest absolute Gasteiger partial charge is 0.353 e. The molecule has 4 nitrogen and oxygen atoms in total. The molecular weight excluding hydrogens is 240 g/mol. The van der Waals surface area contributed by atoms with Crippen molar-refractivity contribution in [2.45, 2.75) is 57.9 Å². The van der Waals surface area contributed by atoms with Crippen LogP contribution >= 0.6 is 0 Å². The van der Waals surface area contributed by atoms with Crippen LogP contribution in [0.4, 0.5) is 0 Å². The first-order valence-corrected chi connectivity index (χ1v) is 7.67. The summed E-state index contributed by atoms with van der Waals surface area (Å²) in [4.78, 5) is 26.2. The van der Waals surface area contributed by atoms with Gasteiger partial charge < -0.3 is 10.2 Å². The molecule has 1 saturated carbocycles. The highest BCUT2D eigenvalue weighted by molar-refractivity contribution is 5.83. The number of carbonyl (C=O) groups is 2. The number of nitrogens with one attached hydrogen (secondary N) is 1. The van der Waals surface area contributed by atoms with Gasteiger partial charge in [-0.05, 0) is 31.6 Å². The Morgan fingerprint density at radius 2 is 2.05 bits per heavy atom. The second-order valence-corrected chi connectivity index (χ2v) is 6.78. The highest BCUT2D eigenvalue weighted by Crippen LogP contribution is 2.40. The standard InChI is InChI=1S/C15H24N2O2/c1-15(7-2-3-8-15)14(19)17-9-6-12-11(10-17)4-5-13(18)16-12/h11-12H,2-10H2,1H3,(H,16,18). The Labute approximate surface area is 114 Å². The van der Waals surface area contributed by atoms with Crippen molar-refractivity contribution >= 4 is 11.8 Å². The highest BCUT2D eigenvalue weighted by atomic mass is 16.2. The van der Waals surface area contributed by atoms with Gasteiger partial charge in [-0.25, -0.2) is 0 Å². The number of hydrogen-bond acceptors (Lipinski definition) is 2. The molecule has 3 aliphatic rings. The molecule has 0 bridgehead atoms. The quantitative estimate of drug-likeness (QED) is 0.783. The number of likely N-dealkylation sites (tertiary alicyclic amines) is 1. The summed E-state index contributed by atoms with van der Waals surface area (Å²) >= 11 is 0. The number of carbonyl (C=O) groups excluding carboxylic acids is 2. The molecule has 2 heterocycles. The molecule has 2 saturated heterocycles. The number of hydrogen-bond donors (Lipinski definition) is 1. The summed E-state index contributed by atoms with van der Waals surface area (Å²) in [6, 6.07) is 0.307. The summed E-state index contributed by atoms with van der Waals surface area (Å²) in [6.45, 7) is 3.80. The lowest BCUT2D eigenvalue weighted by Crippen LogP contribution is -2.56. The first kappa shape index (κ1) is 12.9. The van der Waals surface area contributed by atoms with Gasteiger partial charge in [-0.2, -0.15) is 0 Å². The van der Waals surface area contributed by atoms with Gasteiger partial charge in [0.15, 0.2) is 0 Å². The first-order valence-electron chi connectivity index (χ1n) is 7.67. The molecule has 2 aliphatic heterocycles. The molecule has 2 amide bonds. The molecular formula is C15H24N2O2. The topological polar surface area (TPSA) is 49.4 Å². The van der Waals surface area contributed by atoms with Crippen LogP contribution in [0.25, 0.3) is 0 Å². The lowest BCUT2D eigenvalue weighted by Gasteiger charge is -2.43. The van der Waals surface area contributed by atoms with Gasteiger partial charge in [0.25, 0.3) is 0 Å². The molecule has 3 rings (SSSR count). The van der Waals surface area contributed by atoms with E-state index in [1.54, 1.807) is 0 Å². The number of nitrogens with zero attached hydrogens (tertiary/aromatic N) is 1. The zero-order valence-corrected chi connectivity index (χ0v) is 11.8. The van der Waals surface area contributed by atoms with Crippen LogP contribution in [0.15, 0.2) is 0 Å². The number of rotatable bonds is 1. The van der Waals surface area contributed by atoms with Gasteiger partial charge in [0.1, 0.15) is 0 Å². The molecule has 2 unspecified atom stereocenters. The van der Waals surface area contributed by atoms with E-state index in [4.69, 9.17) is 0 Å². The second-order valence-electron chi connectivity index (χ2n) is 6.78. The minimum Gasteiger partial charge on any atom is -0.353 e. The normalized spacial score (nSPS) is 33.7. The smallest absolute Gasteiger partial charge is 0.228 e. The molecule has 3 fully saturated rings. The molecule has 0 aromatic heterocycles. The third-order valence-corrected chi connectivity index (χ3v) is 5.33. The van der Waals surface area contributed by atoms with E-state index in [9.17, 15) is 9.59 Å². The van der Waals surface area contributed by atoms with Gasteiger partial charge in [-0.1, -0.05) is 19.8 Å². The Hall–Kier alpha value is -1.06. The van der Waals surface area contributed by atoms with E-state index in [1.807, 2.05) is 0 Å². The van der Waals surface area contributed by atoms with Gasteiger partial charge in [0.2, 0.25) is 11.8 Å². The van der Waals surface area contributed by atoms with Crippen molar-refractivity contribution in [3.05, 3.63) is 0 Å². The van der Waals surface area contributed by atoms with Crippen LogP contribution in [0.3, 0.4) is 0 Å². The second kappa shape index (κ2) is 4.80.